The zero-order chi connectivity index (χ0) is 26.8. The molecule has 8 atom stereocenters. The molecule has 10 heteroatoms. The molecule has 0 aromatic rings. The molecule has 5 rings (SSSR count). The fraction of sp³-hybridized carbons (Fsp3) is 0.786. The van der Waals surface area contributed by atoms with E-state index in [0.717, 1.165) is 25.7 Å². The molecule has 208 valence electrons. The highest BCUT2D eigenvalue weighted by Crippen LogP contribution is 2.63. The molecular formula is C28H36O10. The van der Waals surface area contributed by atoms with Gasteiger partial charge in [0, 0.05) is 25.7 Å². The summed E-state index contributed by atoms with van der Waals surface area (Å²) in [4.78, 5) is 74.2. The number of ether oxygens (including phenoxy) is 4. The predicted molar refractivity (Wildman–Crippen MR) is 128 cm³/mol. The van der Waals surface area contributed by atoms with Crippen LogP contribution in [0.3, 0.4) is 0 Å². The third kappa shape index (κ3) is 5.78. The van der Waals surface area contributed by atoms with E-state index in [9.17, 15) is 28.8 Å². The Morgan fingerprint density at radius 1 is 0.605 bits per heavy atom. The summed E-state index contributed by atoms with van der Waals surface area (Å²) in [6.07, 6.45) is 6.69. The van der Waals surface area contributed by atoms with Gasteiger partial charge in [-0.3, -0.25) is 19.2 Å². The van der Waals surface area contributed by atoms with Gasteiger partial charge in [0.1, 0.15) is 23.8 Å². The summed E-state index contributed by atoms with van der Waals surface area (Å²) in [5.74, 6) is -3.37. The third-order valence-electron chi connectivity index (χ3n) is 9.26. The van der Waals surface area contributed by atoms with Gasteiger partial charge in [-0.15, -0.1) is 0 Å². The normalized spacial score (nSPS) is 35.9. The van der Waals surface area contributed by atoms with E-state index < -0.39 is 61.1 Å². The van der Waals surface area contributed by atoms with Gasteiger partial charge in [-0.25, -0.2) is 9.59 Å². The van der Waals surface area contributed by atoms with Crippen molar-refractivity contribution in [1.82, 2.24) is 0 Å². The SMILES string of the molecule is O=C1CCCC(OC(=O)COC(=O)C2C3CC(C4CCCC43)C2C(=O)OCC(=O)OC2CCCC(=O)C2)C1. The van der Waals surface area contributed by atoms with E-state index in [-0.39, 0.29) is 36.2 Å². The van der Waals surface area contributed by atoms with Gasteiger partial charge in [0.15, 0.2) is 13.2 Å². The summed E-state index contributed by atoms with van der Waals surface area (Å²) in [5, 5.41) is 0. The standard InChI is InChI=1S/C28H36O10/c29-15-4-1-6-17(10-15)37-23(31)13-35-27(33)25-21-12-22(20-9-3-8-19(20)21)26(25)28(34)36-14-24(32)38-18-7-2-5-16(30)11-18/h17-22,25-26H,1-14H2. The van der Waals surface area contributed by atoms with Crippen molar-refractivity contribution in [3.63, 3.8) is 0 Å². The number of fused-ring (bicyclic) bond motifs is 5. The van der Waals surface area contributed by atoms with Crippen LogP contribution in [-0.4, -0.2) is 60.9 Å². The number of Topliss-reactive ketones (excluding diaryl/α,β-unsaturated/α-hetero) is 2. The van der Waals surface area contributed by atoms with Crippen molar-refractivity contribution in [3.05, 3.63) is 0 Å². The Hall–Kier alpha value is -2.78. The van der Waals surface area contributed by atoms with Crippen molar-refractivity contribution >= 4 is 35.4 Å². The number of carbonyl (C=O) groups is 6. The smallest absolute Gasteiger partial charge is 0.344 e. The molecule has 8 unspecified atom stereocenters. The highest BCUT2D eigenvalue weighted by molar-refractivity contribution is 5.86. The lowest BCUT2D eigenvalue weighted by Crippen LogP contribution is -2.43. The second-order valence-corrected chi connectivity index (χ2v) is 11.6. The maximum atomic E-state index is 13.2. The minimum absolute atomic E-state index is 0.0234. The van der Waals surface area contributed by atoms with Crippen LogP contribution < -0.4 is 0 Å². The zero-order valence-electron chi connectivity index (χ0n) is 21.6. The molecular weight excluding hydrogens is 496 g/mol. The van der Waals surface area contributed by atoms with Gasteiger partial charge in [-0.1, -0.05) is 6.42 Å². The van der Waals surface area contributed by atoms with E-state index in [4.69, 9.17) is 18.9 Å². The average Bonchev–Trinajstić information content (AvgIpc) is 3.59. The minimum atomic E-state index is -0.733. The Labute approximate surface area is 221 Å². The van der Waals surface area contributed by atoms with E-state index >= 15 is 0 Å². The lowest BCUT2D eigenvalue weighted by Gasteiger charge is -2.35. The van der Waals surface area contributed by atoms with Crippen LogP contribution >= 0.6 is 0 Å². The summed E-state index contributed by atoms with van der Waals surface area (Å²) in [7, 11) is 0. The average molecular weight is 533 g/mol. The summed E-state index contributed by atoms with van der Waals surface area (Å²) in [6, 6.07) is 0. The van der Waals surface area contributed by atoms with E-state index in [1.807, 2.05) is 0 Å². The van der Waals surface area contributed by atoms with Crippen LogP contribution in [0.15, 0.2) is 0 Å². The van der Waals surface area contributed by atoms with E-state index in [0.29, 0.717) is 50.4 Å². The van der Waals surface area contributed by atoms with Crippen LogP contribution in [0.1, 0.15) is 77.0 Å². The second kappa shape index (κ2) is 11.5. The van der Waals surface area contributed by atoms with Gasteiger partial charge in [-0.05, 0) is 68.6 Å². The number of esters is 4. The summed E-state index contributed by atoms with van der Waals surface area (Å²) < 4.78 is 21.3. The fourth-order valence-corrected chi connectivity index (χ4v) is 7.81. The third-order valence-corrected chi connectivity index (χ3v) is 9.26. The van der Waals surface area contributed by atoms with Gasteiger partial charge in [0.2, 0.25) is 0 Å². The Morgan fingerprint density at radius 3 is 1.47 bits per heavy atom. The number of hydrogen-bond acceptors (Lipinski definition) is 10. The minimum Gasteiger partial charge on any atom is -0.459 e. The van der Waals surface area contributed by atoms with Gasteiger partial charge < -0.3 is 18.9 Å². The van der Waals surface area contributed by atoms with Crippen molar-refractivity contribution in [3.8, 4) is 0 Å². The monoisotopic (exact) mass is 532 g/mol. The van der Waals surface area contributed by atoms with Crippen molar-refractivity contribution in [2.24, 2.45) is 35.5 Å². The van der Waals surface area contributed by atoms with Gasteiger partial charge in [0.05, 0.1) is 11.8 Å². The second-order valence-electron chi connectivity index (χ2n) is 11.6. The van der Waals surface area contributed by atoms with Crippen LogP contribution in [0.2, 0.25) is 0 Å². The summed E-state index contributed by atoms with van der Waals surface area (Å²) in [6.45, 7) is -1.14. The lowest BCUT2D eigenvalue weighted by molar-refractivity contribution is -0.175. The molecule has 38 heavy (non-hydrogen) atoms. The molecule has 0 spiro atoms. The van der Waals surface area contributed by atoms with E-state index in [1.54, 1.807) is 0 Å². The van der Waals surface area contributed by atoms with Crippen LogP contribution in [0, 0.1) is 35.5 Å². The van der Waals surface area contributed by atoms with Gasteiger partial charge in [-0.2, -0.15) is 0 Å². The Bertz CT molecular complexity index is 912. The molecule has 5 fully saturated rings. The van der Waals surface area contributed by atoms with Crippen molar-refractivity contribution in [1.29, 1.82) is 0 Å². The number of ketones is 2. The highest BCUT2D eigenvalue weighted by atomic mass is 16.6. The van der Waals surface area contributed by atoms with Crippen molar-refractivity contribution in [2.45, 2.75) is 89.3 Å². The Morgan fingerprint density at radius 2 is 1.05 bits per heavy atom. The largest absolute Gasteiger partial charge is 0.459 e. The fourth-order valence-electron chi connectivity index (χ4n) is 7.81. The highest BCUT2D eigenvalue weighted by Gasteiger charge is 2.64. The maximum Gasteiger partial charge on any atom is 0.344 e. The molecule has 0 radical (unpaired) electrons. The molecule has 0 N–H and O–H groups in total. The topological polar surface area (TPSA) is 139 Å². The number of hydrogen-bond donors (Lipinski definition) is 0. The number of rotatable bonds is 8. The summed E-state index contributed by atoms with van der Waals surface area (Å²) >= 11 is 0. The van der Waals surface area contributed by atoms with Crippen LogP contribution in [0.4, 0.5) is 0 Å². The molecule has 0 amide bonds. The molecule has 0 heterocycles. The first-order valence-corrected chi connectivity index (χ1v) is 14.1. The van der Waals surface area contributed by atoms with Crippen molar-refractivity contribution in [2.75, 3.05) is 13.2 Å². The molecule has 2 bridgehead atoms. The molecule has 10 nitrogen and oxygen atoms in total. The Balaban J connectivity index is 1.16. The van der Waals surface area contributed by atoms with Crippen LogP contribution in [0.25, 0.3) is 0 Å². The zero-order valence-corrected chi connectivity index (χ0v) is 21.6. The quantitative estimate of drug-likeness (QED) is 0.338. The Kier molecular flexibility index (Phi) is 8.14. The molecule has 0 aliphatic heterocycles. The van der Waals surface area contributed by atoms with E-state index in [1.165, 1.54) is 0 Å². The molecule has 5 aliphatic carbocycles. The van der Waals surface area contributed by atoms with Gasteiger partial charge >= 0.3 is 23.9 Å². The molecule has 0 aromatic heterocycles. The summed E-state index contributed by atoms with van der Waals surface area (Å²) in [5.41, 5.74) is 0. The predicted octanol–water partition coefficient (Wildman–Crippen LogP) is 2.48. The van der Waals surface area contributed by atoms with Crippen molar-refractivity contribution < 1.29 is 47.7 Å². The first-order chi connectivity index (χ1) is 18.3. The van der Waals surface area contributed by atoms with Crippen LogP contribution in [0.5, 0.6) is 0 Å². The number of carbonyl (C=O) groups excluding carboxylic acids is 6. The first kappa shape index (κ1) is 26.8. The maximum absolute atomic E-state index is 13.2. The first-order valence-electron chi connectivity index (χ1n) is 14.1. The van der Waals surface area contributed by atoms with Gasteiger partial charge in [0.25, 0.3) is 0 Å². The van der Waals surface area contributed by atoms with Crippen LogP contribution in [-0.2, 0) is 47.7 Å². The molecule has 0 saturated heterocycles. The van der Waals surface area contributed by atoms with E-state index in [2.05, 4.69) is 0 Å². The molecule has 5 aliphatic rings. The molecule has 0 aromatic carbocycles. The molecule has 5 saturated carbocycles. The lowest BCUT2D eigenvalue weighted by atomic mass is 9.69.